The third kappa shape index (κ3) is 3.85. The minimum absolute atomic E-state index is 0.278. The summed E-state index contributed by atoms with van der Waals surface area (Å²) in [5.74, 6) is 1.43. The number of amides is 1. The van der Waals surface area contributed by atoms with Crippen LogP contribution in [0.1, 0.15) is 15.9 Å². The van der Waals surface area contributed by atoms with E-state index in [1.165, 1.54) is 14.2 Å². The SMILES string of the molecule is COc1ccc(CNC(=O)c2cc(OC)c(OC)cc2N)cc1. The van der Waals surface area contributed by atoms with Crippen molar-refractivity contribution in [1.82, 2.24) is 5.32 Å². The second-order valence-electron chi connectivity index (χ2n) is 4.83. The van der Waals surface area contributed by atoms with E-state index in [1.54, 1.807) is 19.2 Å². The molecule has 0 atom stereocenters. The Morgan fingerprint density at radius 2 is 1.61 bits per heavy atom. The number of methoxy groups -OCH3 is 3. The first kappa shape index (κ1) is 16.5. The lowest BCUT2D eigenvalue weighted by molar-refractivity contribution is 0.0951. The smallest absolute Gasteiger partial charge is 0.253 e. The average Bonchev–Trinajstić information content (AvgIpc) is 2.59. The molecule has 0 bridgehead atoms. The van der Waals surface area contributed by atoms with Gasteiger partial charge in [-0.05, 0) is 23.8 Å². The van der Waals surface area contributed by atoms with Gasteiger partial charge in [-0.15, -0.1) is 0 Å². The summed E-state index contributed by atoms with van der Waals surface area (Å²) in [6, 6.07) is 10.6. The van der Waals surface area contributed by atoms with E-state index >= 15 is 0 Å². The molecule has 122 valence electrons. The molecule has 3 N–H and O–H groups in total. The fourth-order valence-corrected chi connectivity index (χ4v) is 2.11. The second-order valence-corrected chi connectivity index (χ2v) is 4.83. The van der Waals surface area contributed by atoms with Crippen LogP contribution in [0.3, 0.4) is 0 Å². The molecule has 0 radical (unpaired) electrons. The van der Waals surface area contributed by atoms with Gasteiger partial charge in [0.15, 0.2) is 11.5 Å². The lowest BCUT2D eigenvalue weighted by Crippen LogP contribution is -2.23. The van der Waals surface area contributed by atoms with Crippen molar-refractivity contribution < 1.29 is 19.0 Å². The summed E-state index contributed by atoms with van der Waals surface area (Å²) in [4.78, 5) is 12.3. The third-order valence-corrected chi connectivity index (χ3v) is 3.41. The Morgan fingerprint density at radius 1 is 1.00 bits per heavy atom. The average molecular weight is 316 g/mol. The summed E-state index contributed by atoms with van der Waals surface area (Å²) in [7, 11) is 4.63. The van der Waals surface area contributed by atoms with Crippen LogP contribution in [0.2, 0.25) is 0 Å². The molecule has 6 heteroatoms. The summed E-state index contributed by atoms with van der Waals surface area (Å²) in [6.07, 6.45) is 0. The molecular weight excluding hydrogens is 296 g/mol. The van der Waals surface area contributed by atoms with Crippen LogP contribution >= 0.6 is 0 Å². The molecule has 0 spiro atoms. The Balaban J connectivity index is 2.10. The molecule has 2 rings (SSSR count). The van der Waals surface area contributed by atoms with E-state index in [0.717, 1.165) is 11.3 Å². The minimum atomic E-state index is -0.278. The summed E-state index contributed by atoms with van der Waals surface area (Å²) >= 11 is 0. The summed E-state index contributed by atoms with van der Waals surface area (Å²) in [5, 5.41) is 2.83. The molecule has 1 amide bonds. The van der Waals surface area contributed by atoms with Gasteiger partial charge in [-0.3, -0.25) is 4.79 Å². The van der Waals surface area contributed by atoms with Crippen molar-refractivity contribution in [3.05, 3.63) is 47.5 Å². The van der Waals surface area contributed by atoms with Gasteiger partial charge in [0.05, 0.1) is 26.9 Å². The second kappa shape index (κ2) is 7.40. The molecule has 0 saturated heterocycles. The van der Waals surface area contributed by atoms with Crippen LogP contribution in [0.5, 0.6) is 17.2 Å². The number of rotatable bonds is 6. The Labute approximate surface area is 135 Å². The van der Waals surface area contributed by atoms with Gasteiger partial charge in [0.1, 0.15) is 5.75 Å². The number of carbonyl (C=O) groups is 1. The van der Waals surface area contributed by atoms with Crippen LogP contribution in [0.25, 0.3) is 0 Å². The maximum absolute atomic E-state index is 12.3. The number of nitrogen functional groups attached to an aromatic ring is 1. The van der Waals surface area contributed by atoms with Gasteiger partial charge in [0.2, 0.25) is 0 Å². The fraction of sp³-hybridized carbons (Fsp3) is 0.235. The van der Waals surface area contributed by atoms with Gasteiger partial charge in [0, 0.05) is 18.3 Å². The molecule has 0 unspecified atom stereocenters. The summed E-state index contributed by atoms with van der Waals surface area (Å²) in [5.41, 5.74) is 7.54. The zero-order valence-electron chi connectivity index (χ0n) is 13.4. The quantitative estimate of drug-likeness (QED) is 0.799. The predicted molar refractivity (Wildman–Crippen MR) is 88.1 cm³/mol. The Kier molecular flexibility index (Phi) is 5.30. The number of nitrogens with one attached hydrogen (secondary N) is 1. The molecule has 0 aliphatic rings. The first-order valence-corrected chi connectivity index (χ1v) is 7.01. The highest BCUT2D eigenvalue weighted by Crippen LogP contribution is 2.31. The van der Waals surface area contributed by atoms with Crippen molar-refractivity contribution >= 4 is 11.6 Å². The highest BCUT2D eigenvalue weighted by molar-refractivity contribution is 6.00. The molecule has 0 aliphatic heterocycles. The van der Waals surface area contributed by atoms with E-state index < -0.39 is 0 Å². The van der Waals surface area contributed by atoms with Crippen LogP contribution in [0.15, 0.2) is 36.4 Å². The van der Waals surface area contributed by atoms with Gasteiger partial charge in [-0.2, -0.15) is 0 Å². The molecule has 0 fully saturated rings. The zero-order valence-corrected chi connectivity index (χ0v) is 13.4. The summed E-state index contributed by atoms with van der Waals surface area (Å²) < 4.78 is 15.4. The maximum atomic E-state index is 12.3. The van der Waals surface area contributed by atoms with E-state index in [9.17, 15) is 4.79 Å². The van der Waals surface area contributed by atoms with E-state index in [1.807, 2.05) is 24.3 Å². The predicted octanol–water partition coefficient (Wildman–Crippen LogP) is 2.22. The lowest BCUT2D eigenvalue weighted by Gasteiger charge is -2.12. The van der Waals surface area contributed by atoms with Gasteiger partial charge >= 0.3 is 0 Å². The van der Waals surface area contributed by atoms with Crippen LogP contribution in [0, 0.1) is 0 Å². The normalized spacial score (nSPS) is 10.0. The fourth-order valence-electron chi connectivity index (χ4n) is 2.11. The number of hydrogen-bond donors (Lipinski definition) is 2. The Bertz CT molecular complexity index is 684. The zero-order chi connectivity index (χ0) is 16.8. The first-order chi connectivity index (χ1) is 11.1. The van der Waals surface area contributed by atoms with Gasteiger partial charge in [0.25, 0.3) is 5.91 Å². The first-order valence-electron chi connectivity index (χ1n) is 7.01. The molecule has 2 aromatic carbocycles. The van der Waals surface area contributed by atoms with Gasteiger partial charge in [-0.1, -0.05) is 12.1 Å². The molecular formula is C17H20N2O4. The van der Waals surface area contributed by atoms with E-state index in [-0.39, 0.29) is 5.91 Å². The van der Waals surface area contributed by atoms with Crippen LogP contribution in [-0.2, 0) is 6.54 Å². The molecule has 0 heterocycles. The van der Waals surface area contributed by atoms with Gasteiger partial charge in [-0.25, -0.2) is 0 Å². The monoisotopic (exact) mass is 316 g/mol. The Morgan fingerprint density at radius 3 is 2.17 bits per heavy atom. The van der Waals surface area contributed by atoms with Crippen LogP contribution in [0.4, 0.5) is 5.69 Å². The number of benzene rings is 2. The van der Waals surface area contributed by atoms with Crippen molar-refractivity contribution in [3.8, 4) is 17.2 Å². The number of carbonyl (C=O) groups excluding carboxylic acids is 1. The molecule has 6 nitrogen and oxygen atoms in total. The highest BCUT2D eigenvalue weighted by atomic mass is 16.5. The maximum Gasteiger partial charge on any atom is 0.253 e. The number of hydrogen-bond acceptors (Lipinski definition) is 5. The highest BCUT2D eigenvalue weighted by Gasteiger charge is 2.15. The molecule has 2 aromatic rings. The topological polar surface area (TPSA) is 82.8 Å². The number of nitrogens with two attached hydrogens (primary N) is 1. The molecule has 0 saturated carbocycles. The number of anilines is 1. The minimum Gasteiger partial charge on any atom is -0.497 e. The lowest BCUT2D eigenvalue weighted by atomic mass is 10.1. The van der Waals surface area contributed by atoms with Crippen molar-refractivity contribution in [2.24, 2.45) is 0 Å². The van der Waals surface area contributed by atoms with Crippen molar-refractivity contribution in [2.75, 3.05) is 27.1 Å². The Hall–Kier alpha value is -2.89. The van der Waals surface area contributed by atoms with Crippen molar-refractivity contribution in [2.45, 2.75) is 6.54 Å². The molecule has 0 aromatic heterocycles. The number of ether oxygens (including phenoxy) is 3. The van der Waals surface area contributed by atoms with E-state index in [2.05, 4.69) is 5.32 Å². The third-order valence-electron chi connectivity index (χ3n) is 3.41. The van der Waals surface area contributed by atoms with E-state index in [0.29, 0.717) is 29.3 Å². The standard InChI is InChI=1S/C17H20N2O4/c1-21-12-6-4-11(5-7-12)10-19-17(20)13-8-15(22-2)16(23-3)9-14(13)18/h4-9H,10,18H2,1-3H3,(H,19,20). The van der Waals surface area contributed by atoms with Crippen molar-refractivity contribution in [3.63, 3.8) is 0 Å². The van der Waals surface area contributed by atoms with E-state index in [4.69, 9.17) is 19.9 Å². The van der Waals surface area contributed by atoms with Crippen molar-refractivity contribution in [1.29, 1.82) is 0 Å². The van der Waals surface area contributed by atoms with Crippen LogP contribution in [-0.4, -0.2) is 27.2 Å². The summed E-state index contributed by atoms with van der Waals surface area (Å²) in [6.45, 7) is 0.386. The molecule has 23 heavy (non-hydrogen) atoms. The molecule has 0 aliphatic carbocycles. The van der Waals surface area contributed by atoms with Crippen LogP contribution < -0.4 is 25.3 Å². The largest absolute Gasteiger partial charge is 0.497 e. The van der Waals surface area contributed by atoms with Gasteiger partial charge < -0.3 is 25.3 Å².